The van der Waals surface area contributed by atoms with Crippen LogP contribution in [0.4, 0.5) is 5.69 Å². The van der Waals surface area contributed by atoms with Crippen LogP contribution in [0, 0.1) is 5.92 Å². The summed E-state index contributed by atoms with van der Waals surface area (Å²) in [7, 11) is -2.08. The number of sulfone groups is 1. The third-order valence-electron chi connectivity index (χ3n) is 4.51. The molecule has 0 spiro atoms. The standard InChI is InChI=1S/C19H21ClN2O4S/c1-26-18-7-6-14(27(24,25)12-13-8-9-21-11-13)10-15(18)19(23)22-17-5-3-2-4-16(17)20/h2-7,10,13,21H,8-9,11-12H2,1H3,(H,22,23)/t13-/m0/s1. The van der Waals surface area contributed by atoms with Crippen molar-refractivity contribution in [2.24, 2.45) is 5.92 Å². The maximum Gasteiger partial charge on any atom is 0.259 e. The minimum Gasteiger partial charge on any atom is -0.496 e. The van der Waals surface area contributed by atoms with E-state index in [2.05, 4.69) is 10.6 Å². The van der Waals surface area contributed by atoms with Crippen molar-refractivity contribution in [3.8, 4) is 5.75 Å². The maximum atomic E-state index is 12.8. The second kappa shape index (κ2) is 8.29. The summed E-state index contributed by atoms with van der Waals surface area (Å²) in [4.78, 5) is 12.8. The molecular weight excluding hydrogens is 388 g/mol. The van der Waals surface area contributed by atoms with Crippen molar-refractivity contribution >= 4 is 33.0 Å². The molecule has 2 N–H and O–H groups in total. The highest BCUT2D eigenvalue weighted by atomic mass is 35.5. The Labute approximate surface area is 163 Å². The number of nitrogens with one attached hydrogen (secondary N) is 2. The van der Waals surface area contributed by atoms with Crippen LogP contribution in [0.2, 0.25) is 5.02 Å². The van der Waals surface area contributed by atoms with Gasteiger partial charge in [0, 0.05) is 0 Å². The van der Waals surface area contributed by atoms with Gasteiger partial charge < -0.3 is 15.4 Å². The monoisotopic (exact) mass is 408 g/mol. The van der Waals surface area contributed by atoms with Crippen LogP contribution in [0.5, 0.6) is 5.75 Å². The van der Waals surface area contributed by atoms with E-state index in [1.807, 2.05) is 0 Å². The quantitative estimate of drug-likeness (QED) is 0.767. The van der Waals surface area contributed by atoms with Gasteiger partial charge in [-0.2, -0.15) is 0 Å². The minimum absolute atomic E-state index is 0.0535. The Hall–Kier alpha value is -2.09. The molecule has 144 valence electrons. The Bertz CT molecular complexity index is 940. The Morgan fingerprint density at radius 1 is 1.30 bits per heavy atom. The van der Waals surface area contributed by atoms with Crippen LogP contribution in [-0.2, 0) is 9.84 Å². The summed E-state index contributed by atoms with van der Waals surface area (Å²) < 4.78 is 30.7. The van der Waals surface area contributed by atoms with E-state index in [0.29, 0.717) is 23.0 Å². The lowest BCUT2D eigenvalue weighted by molar-refractivity contribution is 0.102. The molecule has 27 heavy (non-hydrogen) atoms. The van der Waals surface area contributed by atoms with Crippen molar-refractivity contribution in [1.82, 2.24) is 5.32 Å². The summed E-state index contributed by atoms with van der Waals surface area (Å²) >= 11 is 6.08. The number of hydrogen-bond acceptors (Lipinski definition) is 5. The zero-order chi connectivity index (χ0) is 19.4. The Morgan fingerprint density at radius 3 is 2.74 bits per heavy atom. The number of ether oxygens (including phenoxy) is 1. The normalized spacial score (nSPS) is 16.9. The van der Waals surface area contributed by atoms with Crippen molar-refractivity contribution in [3.63, 3.8) is 0 Å². The molecule has 0 aromatic heterocycles. The summed E-state index contributed by atoms with van der Waals surface area (Å²) in [6, 6.07) is 11.2. The van der Waals surface area contributed by atoms with Gasteiger partial charge in [0.2, 0.25) is 0 Å². The van der Waals surface area contributed by atoms with Crippen molar-refractivity contribution in [2.45, 2.75) is 11.3 Å². The van der Waals surface area contributed by atoms with Gasteiger partial charge in [-0.15, -0.1) is 0 Å². The largest absolute Gasteiger partial charge is 0.496 e. The highest BCUT2D eigenvalue weighted by Gasteiger charge is 2.25. The predicted octanol–water partition coefficient (Wildman–Crippen LogP) is 2.98. The number of methoxy groups -OCH3 is 1. The molecule has 8 heteroatoms. The highest BCUT2D eigenvalue weighted by Crippen LogP contribution is 2.27. The van der Waals surface area contributed by atoms with Gasteiger partial charge in [0.1, 0.15) is 5.75 Å². The van der Waals surface area contributed by atoms with Gasteiger partial charge in [0.05, 0.1) is 34.0 Å². The minimum atomic E-state index is -3.51. The van der Waals surface area contributed by atoms with Crippen molar-refractivity contribution < 1.29 is 17.9 Å². The molecule has 1 heterocycles. The molecule has 2 aromatic rings. The van der Waals surface area contributed by atoms with Crippen LogP contribution in [-0.4, -0.2) is 40.3 Å². The fourth-order valence-corrected chi connectivity index (χ4v) is 4.93. The van der Waals surface area contributed by atoms with Crippen molar-refractivity contribution in [1.29, 1.82) is 0 Å². The van der Waals surface area contributed by atoms with Gasteiger partial charge in [0.25, 0.3) is 5.91 Å². The molecule has 0 unspecified atom stereocenters. The molecule has 1 amide bonds. The molecule has 6 nitrogen and oxygen atoms in total. The molecule has 0 aliphatic carbocycles. The second-order valence-electron chi connectivity index (χ2n) is 6.44. The molecular formula is C19H21ClN2O4S. The molecule has 0 radical (unpaired) electrons. The number of carbonyl (C=O) groups excluding carboxylic acids is 1. The number of halogens is 1. The van der Waals surface area contributed by atoms with Crippen LogP contribution in [0.3, 0.4) is 0 Å². The summed E-state index contributed by atoms with van der Waals surface area (Å²) in [5.74, 6) is -0.0594. The topological polar surface area (TPSA) is 84.5 Å². The molecule has 1 atom stereocenters. The third kappa shape index (κ3) is 4.61. The smallest absolute Gasteiger partial charge is 0.259 e. The van der Waals surface area contributed by atoms with Gasteiger partial charge in [-0.05, 0) is 55.8 Å². The number of benzene rings is 2. The Kier molecular flexibility index (Phi) is 6.04. The number of carbonyl (C=O) groups is 1. The zero-order valence-electron chi connectivity index (χ0n) is 14.9. The SMILES string of the molecule is COc1ccc(S(=O)(=O)C[C@H]2CCNC2)cc1C(=O)Nc1ccccc1Cl. The number of rotatable bonds is 6. The van der Waals surface area contributed by atoms with Gasteiger partial charge in [-0.1, -0.05) is 23.7 Å². The number of amides is 1. The Balaban J connectivity index is 1.89. The molecule has 1 fully saturated rings. The third-order valence-corrected chi connectivity index (χ3v) is 6.73. The molecule has 0 saturated carbocycles. The lowest BCUT2D eigenvalue weighted by atomic mass is 10.1. The van der Waals surface area contributed by atoms with Crippen LogP contribution >= 0.6 is 11.6 Å². The molecule has 1 saturated heterocycles. The van der Waals surface area contributed by atoms with E-state index in [9.17, 15) is 13.2 Å². The van der Waals surface area contributed by atoms with E-state index >= 15 is 0 Å². The Morgan fingerprint density at radius 2 is 2.07 bits per heavy atom. The van der Waals surface area contributed by atoms with Crippen LogP contribution < -0.4 is 15.4 Å². The van der Waals surface area contributed by atoms with E-state index < -0.39 is 15.7 Å². The van der Waals surface area contributed by atoms with E-state index in [-0.39, 0.29) is 22.1 Å². The maximum absolute atomic E-state index is 12.8. The van der Waals surface area contributed by atoms with Crippen molar-refractivity contribution in [3.05, 3.63) is 53.1 Å². The number of para-hydroxylation sites is 1. The number of hydrogen-bond donors (Lipinski definition) is 2. The van der Waals surface area contributed by atoms with Crippen LogP contribution in [0.1, 0.15) is 16.8 Å². The molecule has 1 aliphatic heterocycles. The fourth-order valence-electron chi connectivity index (χ4n) is 3.07. The summed E-state index contributed by atoms with van der Waals surface area (Å²) in [6.45, 7) is 1.52. The molecule has 3 rings (SSSR count). The molecule has 1 aliphatic rings. The predicted molar refractivity (Wildman–Crippen MR) is 105 cm³/mol. The first-order valence-electron chi connectivity index (χ1n) is 8.58. The first-order valence-corrected chi connectivity index (χ1v) is 10.6. The number of anilines is 1. The molecule has 2 aromatic carbocycles. The zero-order valence-corrected chi connectivity index (χ0v) is 16.4. The first-order chi connectivity index (χ1) is 12.9. The van der Waals surface area contributed by atoms with E-state index in [1.165, 1.54) is 25.3 Å². The lowest BCUT2D eigenvalue weighted by Crippen LogP contribution is -2.20. The lowest BCUT2D eigenvalue weighted by Gasteiger charge is -2.14. The first kappa shape index (κ1) is 19.7. The molecule has 0 bridgehead atoms. The average Bonchev–Trinajstić information content (AvgIpc) is 3.15. The van der Waals surface area contributed by atoms with Gasteiger partial charge in [-0.25, -0.2) is 8.42 Å². The highest BCUT2D eigenvalue weighted by molar-refractivity contribution is 7.91. The second-order valence-corrected chi connectivity index (χ2v) is 8.88. The van der Waals surface area contributed by atoms with E-state index in [4.69, 9.17) is 16.3 Å². The van der Waals surface area contributed by atoms with Crippen LogP contribution in [0.25, 0.3) is 0 Å². The summed E-state index contributed by atoms with van der Waals surface area (Å²) in [5.41, 5.74) is 0.583. The van der Waals surface area contributed by atoms with Gasteiger partial charge in [-0.3, -0.25) is 4.79 Å². The van der Waals surface area contributed by atoms with E-state index in [0.717, 1.165) is 13.0 Å². The summed E-state index contributed by atoms with van der Waals surface area (Å²) in [5, 5.41) is 6.25. The fraction of sp³-hybridized carbons (Fsp3) is 0.316. The summed E-state index contributed by atoms with van der Waals surface area (Å²) in [6.07, 6.45) is 0.829. The van der Waals surface area contributed by atoms with Crippen LogP contribution in [0.15, 0.2) is 47.4 Å². The van der Waals surface area contributed by atoms with Crippen molar-refractivity contribution in [2.75, 3.05) is 31.3 Å². The van der Waals surface area contributed by atoms with Gasteiger partial charge in [0.15, 0.2) is 9.84 Å². The average molecular weight is 409 g/mol. The van der Waals surface area contributed by atoms with Gasteiger partial charge >= 0.3 is 0 Å². The van der Waals surface area contributed by atoms with E-state index in [1.54, 1.807) is 24.3 Å².